The van der Waals surface area contributed by atoms with Crippen LogP contribution in [-0.2, 0) is 10.4 Å². The van der Waals surface area contributed by atoms with Crippen LogP contribution in [0.3, 0.4) is 0 Å². The van der Waals surface area contributed by atoms with E-state index in [9.17, 15) is 14.7 Å². The van der Waals surface area contributed by atoms with E-state index < -0.39 is 11.5 Å². The predicted molar refractivity (Wildman–Crippen MR) is 82.0 cm³/mol. The molecule has 6 heteroatoms. The molecule has 2 aromatic rings. The molecule has 1 aliphatic heterocycles. The lowest BCUT2D eigenvalue weighted by Gasteiger charge is -2.19. The van der Waals surface area contributed by atoms with Crippen molar-refractivity contribution in [3.8, 4) is 0 Å². The maximum Gasteiger partial charge on any atom is 0.261 e. The van der Waals surface area contributed by atoms with Gasteiger partial charge in [0.15, 0.2) is 11.4 Å². The highest BCUT2D eigenvalue weighted by Gasteiger charge is 2.47. The maximum absolute atomic E-state index is 12.3. The molecule has 1 atom stereocenters. The lowest BCUT2D eigenvalue weighted by Crippen LogP contribution is -2.36. The summed E-state index contributed by atoms with van der Waals surface area (Å²) in [5.41, 5.74) is -1.03. The highest BCUT2D eigenvalue weighted by Crippen LogP contribution is 2.40. The zero-order chi connectivity index (χ0) is 15.2. The number of rotatable bonds is 3. The van der Waals surface area contributed by atoms with E-state index in [-0.39, 0.29) is 12.2 Å². The highest BCUT2D eigenvalue weighted by atomic mass is 35.5. The van der Waals surface area contributed by atoms with E-state index in [0.717, 1.165) is 4.88 Å². The number of anilines is 1. The molecule has 108 valence electrons. The van der Waals surface area contributed by atoms with Gasteiger partial charge in [0.2, 0.25) is 0 Å². The number of carbonyl (C=O) groups is 2. The lowest BCUT2D eigenvalue weighted by atomic mass is 9.89. The number of ketones is 1. The summed E-state index contributed by atoms with van der Waals surface area (Å²) in [6, 6.07) is 8.30. The average molecular weight is 322 g/mol. The Morgan fingerprint density at radius 1 is 1.38 bits per heavy atom. The van der Waals surface area contributed by atoms with Crippen LogP contribution in [0.15, 0.2) is 30.3 Å². The largest absolute Gasteiger partial charge is 0.375 e. The molecule has 0 fully saturated rings. The van der Waals surface area contributed by atoms with Crippen LogP contribution in [0, 0.1) is 6.92 Å². The Balaban J connectivity index is 1.96. The van der Waals surface area contributed by atoms with Gasteiger partial charge in [-0.05, 0) is 37.3 Å². The van der Waals surface area contributed by atoms with Crippen molar-refractivity contribution in [2.24, 2.45) is 0 Å². The molecule has 0 spiro atoms. The monoisotopic (exact) mass is 321 g/mol. The first-order valence-electron chi connectivity index (χ1n) is 6.33. The zero-order valence-electron chi connectivity index (χ0n) is 11.1. The number of Topliss-reactive ketones (excluding diaryl/α,β-unsaturated/α-hetero) is 1. The summed E-state index contributed by atoms with van der Waals surface area (Å²) in [6.45, 7) is 1.90. The van der Waals surface area contributed by atoms with Gasteiger partial charge in [-0.1, -0.05) is 11.6 Å². The van der Waals surface area contributed by atoms with Gasteiger partial charge in [0.05, 0.1) is 11.3 Å². The van der Waals surface area contributed by atoms with Crippen molar-refractivity contribution < 1.29 is 14.7 Å². The number of carbonyl (C=O) groups excluding carboxylic acids is 2. The van der Waals surface area contributed by atoms with E-state index in [2.05, 4.69) is 5.32 Å². The van der Waals surface area contributed by atoms with E-state index in [1.165, 1.54) is 17.4 Å². The number of hydrogen-bond donors (Lipinski definition) is 2. The van der Waals surface area contributed by atoms with Crippen LogP contribution in [0.1, 0.15) is 26.5 Å². The van der Waals surface area contributed by atoms with Crippen LogP contribution in [0.4, 0.5) is 5.69 Å². The second kappa shape index (κ2) is 4.94. The van der Waals surface area contributed by atoms with Gasteiger partial charge in [0.25, 0.3) is 5.91 Å². The molecule has 0 aliphatic carbocycles. The molecule has 0 unspecified atom stereocenters. The maximum atomic E-state index is 12.3. The number of hydrogen-bond acceptors (Lipinski definition) is 4. The van der Waals surface area contributed by atoms with Crippen molar-refractivity contribution in [1.29, 1.82) is 0 Å². The third-order valence-corrected chi connectivity index (χ3v) is 4.76. The molecule has 0 saturated heterocycles. The topological polar surface area (TPSA) is 66.4 Å². The minimum Gasteiger partial charge on any atom is -0.375 e. The van der Waals surface area contributed by atoms with Gasteiger partial charge in [0, 0.05) is 21.2 Å². The van der Waals surface area contributed by atoms with Gasteiger partial charge in [0.1, 0.15) is 0 Å². The fourth-order valence-electron chi connectivity index (χ4n) is 2.40. The van der Waals surface area contributed by atoms with Crippen LogP contribution in [0.25, 0.3) is 0 Å². The average Bonchev–Trinajstić information content (AvgIpc) is 2.95. The Morgan fingerprint density at radius 3 is 2.81 bits per heavy atom. The lowest BCUT2D eigenvalue weighted by molar-refractivity contribution is -0.133. The number of thiophene rings is 1. The Morgan fingerprint density at radius 2 is 2.14 bits per heavy atom. The van der Waals surface area contributed by atoms with Gasteiger partial charge < -0.3 is 10.4 Å². The van der Waals surface area contributed by atoms with Gasteiger partial charge >= 0.3 is 0 Å². The zero-order valence-corrected chi connectivity index (χ0v) is 12.7. The molecular formula is C15H12ClNO3S. The van der Waals surface area contributed by atoms with Crippen molar-refractivity contribution in [1.82, 2.24) is 0 Å². The molecule has 3 rings (SSSR count). The molecular weight excluding hydrogens is 310 g/mol. The van der Waals surface area contributed by atoms with Gasteiger partial charge in [-0.2, -0.15) is 0 Å². The smallest absolute Gasteiger partial charge is 0.261 e. The second-order valence-electron chi connectivity index (χ2n) is 5.01. The molecule has 1 aliphatic rings. The fourth-order valence-corrected chi connectivity index (χ4v) is 3.37. The molecule has 0 bridgehead atoms. The standard InChI is InChI=1S/C15H12ClNO3S/c1-8-2-5-13(21-8)12(18)7-15(20)10-6-9(16)3-4-11(10)17-14(15)19/h2-6,20H,7H2,1H3,(H,17,19)/t15-/m1/s1. The third-order valence-electron chi connectivity index (χ3n) is 3.48. The van der Waals surface area contributed by atoms with Crippen LogP contribution in [0.5, 0.6) is 0 Å². The number of aliphatic hydroxyl groups is 1. The van der Waals surface area contributed by atoms with E-state index in [1.807, 2.05) is 13.0 Å². The molecule has 1 aromatic heterocycles. The Labute approximate surface area is 130 Å². The molecule has 1 aromatic carbocycles. The Kier molecular flexibility index (Phi) is 3.36. The Hall–Kier alpha value is -1.69. The van der Waals surface area contributed by atoms with Gasteiger partial charge in [-0.25, -0.2) is 0 Å². The van der Waals surface area contributed by atoms with Crippen molar-refractivity contribution in [3.05, 3.63) is 50.7 Å². The summed E-state index contributed by atoms with van der Waals surface area (Å²) in [7, 11) is 0. The van der Waals surface area contributed by atoms with E-state index >= 15 is 0 Å². The number of nitrogens with one attached hydrogen (secondary N) is 1. The van der Waals surface area contributed by atoms with Crippen LogP contribution >= 0.6 is 22.9 Å². The first-order chi connectivity index (χ1) is 9.90. The van der Waals surface area contributed by atoms with Crippen molar-refractivity contribution in [2.45, 2.75) is 18.9 Å². The van der Waals surface area contributed by atoms with Crippen LogP contribution in [0.2, 0.25) is 5.02 Å². The fraction of sp³-hybridized carbons (Fsp3) is 0.200. The van der Waals surface area contributed by atoms with E-state index in [1.54, 1.807) is 18.2 Å². The van der Waals surface area contributed by atoms with Crippen LogP contribution in [-0.4, -0.2) is 16.8 Å². The van der Waals surface area contributed by atoms with Gasteiger partial charge in [-0.3, -0.25) is 9.59 Å². The number of fused-ring (bicyclic) bond motifs is 1. The first kappa shape index (κ1) is 14.3. The molecule has 2 N–H and O–H groups in total. The quantitative estimate of drug-likeness (QED) is 0.854. The molecule has 21 heavy (non-hydrogen) atoms. The summed E-state index contributed by atoms with van der Waals surface area (Å²) in [5, 5.41) is 13.7. The molecule has 4 nitrogen and oxygen atoms in total. The van der Waals surface area contributed by atoms with Gasteiger partial charge in [-0.15, -0.1) is 11.3 Å². The third kappa shape index (κ3) is 2.37. The summed E-state index contributed by atoms with van der Waals surface area (Å²) >= 11 is 7.27. The van der Waals surface area contributed by atoms with E-state index in [4.69, 9.17) is 11.6 Å². The predicted octanol–water partition coefficient (Wildman–Crippen LogP) is 3.12. The van der Waals surface area contributed by atoms with Crippen molar-refractivity contribution in [2.75, 3.05) is 5.32 Å². The molecule has 0 radical (unpaired) electrons. The minimum atomic E-state index is -1.87. The number of halogens is 1. The number of amides is 1. The minimum absolute atomic E-state index is 0.265. The summed E-state index contributed by atoms with van der Waals surface area (Å²) in [4.78, 5) is 25.9. The normalized spacial score (nSPS) is 20.2. The summed E-state index contributed by atoms with van der Waals surface area (Å²) < 4.78 is 0. The Bertz CT molecular complexity index is 755. The molecule has 0 saturated carbocycles. The molecule has 1 amide bonds. The highest BCUT2D eigenvalue weighted by molar-refractivity contribution is 7.14. The second-order valence-corrected chi connectivity index (χ2v) is 6.74. The van der Waals surface area contributed by atoms with Crippen LogP contribution < -0.4 is 5.32 Å². The SMILES string of the molecule is Cc1ccc(C(=O)C[C@]2(O)C(=O)Nc3ccc(Cl)cc32)s1. The van der Waals surface area contributed by atoms with E-state index in [0.29, 0.717) is 21.2 Å². The number of aryl methyl sites for hydroxylation is 1. The van der Waals surface area contributed by atoms with Crippen molar-refractivity contribution in [3.63, 3.8) is 0 Å². The first-order valence-corrected chi connectivity index (χ1v) is 7.53. The molecule has 2 heterocycles. The summed E-state index contributed by atoms with van der Waals surface area (Å²) in [6.07, 6.45) is -0.299. The summed E-state index contributed by atoms with van der Waals surface area (Å²) in [5.74, 6) is -0.861. The number of benzene rings is 1. The van der Waals surface area contributed by atoms with Crippen molar-refractivity contribution >= 4 is 40.3 Å².